The number of thiazole rings is 1. The van der Waals surface area contributed by atoms with Crippen LogP contribution >= 0.6 is 22.9 Å². The Morgan fingerprint density at radius 1 is 1.23 bits per heavy atom. The summed E-state index contributed by atoms with van der Waals surface area (Å²) in [5.41, 5.74) is 3.22. The van der Waals surface area contributed by atoms with Gasteiger partial charge in [0.2, 0.25) is 0 Å². The van der Waals surface area contributed by atoms with Crippen molar-refractivity contribution in [2.75, 3.05) is 7.11 Å². The lowest BCUT2D eigenvalue weighted by Crippen LogP contribution is -2.24. The molecule has 0 saturated heterocycles. The van der Waals surface area contributed by atoms with Crippen LogP contribution in [0.25, 0.3) is 23.4 Å². The number of rotatable bonds is 6. The Morgan fingerprint density at radius 2 is 2.00 bits per heavy atom. The maximum atomic E-state index is 10.9. The number of carboxylic acid groups (broad SMARTS) is 1. The summed E-state index contributed by atoms with van der Waals surface area (Å²) in [5.74, 6) is -0.624. The molecule has 0 amide bonds. The van der Waals surface area contributed by atoms with Crippen molar-refractivity contribution in [3.63, 3.8) is 0 Å². The van der Waals surface area contributed by atoms with E-state index in [0.29, 0.717) is 16.3 Å². The van der Waals surface area contributed by atoms with Crippen molar-refractivity contribution >= 4 is 41.1 Å². The standard InChI is InChI=1S/C20H16ClNO3S/c1-25-18-8-5-14(10-15(18)11-20(23)24)17-12-26-19(22-17)9-4-13-2-6-16(21)7-3-13/h2-10,12H,11H2,1H3,(H,23,24)/p-1/b9-4+. The van der Waals surface area contributed by atoms with Crippen molar-refractivity contribution in [2.24, 2.45) is 0 Å². The third kappa shape index (κ3) is 4.50. The summed E-state index contributed by atoms with van der Waals surface area (Å²) in [6, 6.07) is 12.9. The fourth-order valence-electron chi connectivity index (χ4n) is 2.47. The molecule has 0 fully saturated rings. The second kappa shape index (κ2) is 8.17. The molecule has 0 saturated carbocycles. The maximum Gasteiger partial charge on any atom is 0.122 e. The van der Waals surface area contributed by atoms with E-state index < -0.39 is 5.97 Å². The first-order valence-corrected chi connectivity index (χ1v) is 9.07. The van der Waals surface area contributed by atoms with Crippen molar-refractivity contribution in [3.8, 4) is 17.0 Å². The molecule has 4 nitrogen and oxygen atoms in total. The van der Waals surface area contributed by atoms with E-state index in [1.165, 1.54) is 18.4 Å². The van der Waals surface area contributed by atoms with E-state index in [2.05, 4.69) is 4.98 Å². The molecule has 3 aromatic rings. The summed E-state index contributed by atoms with van der Waals surface area (Å²) in [6.07, 6.45) is 3.70. The van der Waals surface area contributed by atoms with Gasteiger partial charge in [0, 0.05) is 33.9 Å². The van der Waals surface area contributed by atoms with Crippen LogP contribution in [-0.4, -0.2) is 18.1 Å². The summed E-state index contributed by atoms with van der Waals surface area (Å²) < 4.78 is 5.21. The number of halogens is 1. The van der Waals surface area contributed by atoms with Crippen molar-refractivity contribution in [2.45, 2.75) is 6.42 Å². The Kier molecular flexibility index (Phi) is 5.71. The monoisotopic (exact) mass is 384 g/mol. The molecule has 0 spiro atoms. The molecular formula is C20H15ClNO3S-. The first-order valence-electron chi connectivity index (χ1n) is 7.81. The van der Waals surface area contributed by atoms with Crippen LogP contribution in [0.4, 0.5) is 0 Å². The first-order chi connectivity index (χ1) is 12.5. The van der Waals surface area contributed by atoms with Crippen LogP contribution in [0.15, 0.2) is 47.8 Å². The highest BCUT2D eigenvalue weighted by atomic mass is 35.5. The zero-order chi connectivity index (χ0) is 18.5. The minimum absolute atomic E-state index is 0.204. The zero-order valence-electron chi connectivity index (χ0n) is 13.9. The Balaban J connectivity index is 1.83. The van der Waals surface area contributed by atoms with Crippen LogP contribution in [-0.2, 0) is 11.2 Å². The lowest BCUT2D eigenvalue weighted by atomic mass is 10.1. The average molecular weight is 385 g/mol. The molecule has 132 valence electrons. The Labute approximate surface area is 160 Å². The second-order valence-electron chi connectivity index (χ2n) is 5.53. The topological polar surface area (TPSA) is 62.2 Å². The highest BCUT2D eigenvalue weighted by Gasteiger charge is 2.09. The number of carboxylic acids is 1. The van der Waals surface area contributed by atoms with Crippen molar-refractivity contribution in [3.05, 3.63) is 69.0 Å². The molecule has 0 unspecified atom stereocenters. The van der Waals surface area contributed by atoms with E-state index in [-0.39, 0.29) is 6.42 Å². The summed E-state index contributed by atoms with van der Waals surface area (Å²) >= 11 is 7.39. The largest absolute Gasteiger partial charge is 0.550 e. The lowest BCUT2D eigenvalue weighted by Gasteiger charge is -2.10. The summed E-state index contributed by atoms with van der Waals surface area (Å²) in [6.45, 7) is 0. The third-order valence-corrected chi connectivity index (χ3v) is 4.78. The molecule has 6 heteroatoms. The minimum Gasteiger partial charge on any atom is -0.550 e. The van der Waals surface area contributed by atoms with E-state index in [9.17, 15) is 9.90 Å². The van der Waals surface area contributed by atoms with Gasteiger partial charge in [0.1, 0.15) is 10.8 Å². The molecule has 1 heterocycles. The van der Waals surface area contributed by atoms with Gasteiger partial charge in [0.25, 0.3) is 0 Å². The van der Waals surface area contributed by atoms with Gasteiger partial charge in [-0.2, -0.15) is 0 Å². The Hall–Kier alpha value is -2.63. The molecule has 0 bridgehead atoms. The van der Waals surface area contributed by atoms with Crippen molar-refractivity contribution in [1.29, 1.82) is 0 Å². The van der Waals surface area contributed by atoms with Crippen LogP contribution in [0, 0.1) is 0 Å². The predicted octanol–water partition coefficient (Wildman–Crippen LogP) is 3.93. The average Bonchev–Trinajstić information content (AvgIpc) is 3.10. The number of carbonyl (C=O) groups is 1. The minimum atomic E-state index is -1.15. The second-order valence-corrected chi connectivity index (χ2v) is 6.86. The lowest BCUT2D eigenvalue weighted by molar-refractivity contribution is -0.304. The van der Waals surface area contributed by atoms with E-state index in [0.717, 1.165) is 21.8 Å². The van der Waals surface area contributed by atoms with E-state index in [1.54, 1.807) is 12.1 Å². The van der Waals surface area contributed by atoms with Crippen molar-refractivity contribution in [1.82, 2.24) is 4.98 Å². The van der Waals surface area contributed by atoms with E-state index in [4.69, 9.17) is 16.3 Å². The van der Waals surface area contributed by atoms with Gasteiger partial charge in [-0.25, -0.2) is 4.98 Å². The number of carbonyl (C=O) groups excluding carboxylic acids is 1. The van der Waals surface area contributed by atoms with Gasteiger partial charge in [-0.1, -0.05) is 29.8 Å². The zero-order valence-corrected chi connectivity index (χ0v) is 15.5. The van der Waals surface area contributed by atoms with Crippen LogP contribution in [0.2, 0.25) is 5.02 Å². The number of hydrogen-bond donors (Lipinski definition) is 0. The number of ether oxygens (including phenoxy) is 1. The number of methoxy groups -OCH3 is 1. The Bertz CT molecular complexity index is 948. The fraction of sp³-hybridized carbons (Fsp3) is 0.100. The number of benzene rings is 2. The number of aromatic nitrogens is 1. The predicted molar refractivity (Wildman–Crippen MR) is 103 cm³/mol. The number of hydrogen-bond acceptors (Lipinski definition) is 5. The molecule has 3 rings (SSSR count). The smallest absolute Gasteiger partial charge is 0.122 e. The van der Waals surface area contributed by atoms with E-state index in [1.807, 2.05) is 47.9 Å². The van der Waals surface area contributed by atoms with Crippen molar-refractivity contribution < 1.29 is 14.6 Å². The highest BCUT2D eigenvalue weighted by molar-refractivity contribution is 7.10. The number of nitrogens with zero attached hydrogens (tertiary/aromatic N) is 1. The SMILES string of the molecule is COc1ccc(-c2csc(/C=C/c3ccc(Cl)cc3)n2)cc1CC(=O)[O-]. The highest BCUT2D eigenvalue weighted by Crippen LogP contribution is 2.28. The molecule has 0 aliphatic carbocycles. The van der Waals surface area contributed by atoms with Gasteiger partial charge < -0.3 is 14.6 Å². The third-order valence-electron chi connectivity index (χ3n) is 3.72. The van der Waals surface area contributed by atoms with Gasteiger partial charge in [-0.15, -0.1) is 11.3 Å². The van der Waals surface area contributed by atoms with Gasteiger partial charge in [-0.3, -0.25) is 0 Å². The first kappa shape index (κ1) is 18.2. The van der Waals surface area contributed by atoms with Gasteiger partial charge in [0.05, 0.1) is 12.8 Å². The molecular weight excluding hydrogens is 370 g/mol. The van der Waals surface area contributed by atoms with Crippen LogP contribution in [0.5, 0.6) is 5.75 Å². The van der Waals surface area contributed by atoms with Gasteiger partial charge in [-0.05, 0) is 42.0 Å². The maximum absolute atomic E-state index is 10.9. The quantitative estimate of drug-likeness (QED) is 0.645. The molecule has 0 atom stereocenters. The molecule has 0 aliphatic heterocycles. The Morgan fingerprint density at radius 3 is 2.69 bits per heavy atom. The summed E-state index contributed by atoms with van der Waals surface area (Å²) in [5, 5.41) is 14.4. The van der Waals surface area contributed by atoms with E-state index >= 15 is 0 Å². The van der Waals surface area contributed by atoms with Gasteiger partial charge in [0.15, 0.2) is 0 Å². The molecule has 2 aromatic carbocycles. The van der Waals surface area contributed by atoms with Crippen LogP contribution < -0.4 is 9.84 Å². The molecule has 26 heavy (non-hydrogen) atoms. The molecule has 0 radical (unpaired) electrons. The van der Waals surface area contributed by atoms with Gasteiger partial charge >= 0.3 is 0 Å². The molecule has 0 aliphatic rings. The normalized spacial score (nSPS) is 11.0. The van der Waals surface area contributed by atoms with Crippen LogP contribution in [0.1, 0.15) is 16.1 Å². The summed E-state index contributed by atoms with van der Waals surface area (Å²) in [7, 11) is 1.51. The summed E-state index contributed by atoms with van der Waals surface area (Å²) in [4.78, 5) is 15.5. The molecule has 0 N–H and O–H groups in total. The van der Waals surface area contributed by atoms with Crippen LogP contribution in [0.3, 0.4) is 0 Å². The fourth-order valence-corrected chi connectivity index (χ4v) is 3.31. The number of aliphatic carboxylic acids is 1. The molecule has 1 aromatic heterocycles.